The van der Waals surface area contributed by atoms with E-state index in [4.69, 9.17) is 5.73 Å². The first-order chi connectivity index (χ1) is 6.13. The average Bonchev–Trinajstić information content (AvgIpc) is 2.08. The summed E-state index contributed by atoms with van der Waals surface area (Å²) in [5.74, 6) is 3.58. The molecule has 1 aliphatic rings. The van der Waals surface area contributed by atoms with E-state index in [1.165, 1.54) is 25.7 Å². The maximum atomic E-state index is 5.65. The maximum Gasteiger partial charge on any atom is -0.00490 e. The number of nitrogens with two attached hydrogens (primary N) is 1. The van der Waals surface area contributed by atoms with Gasteiger partial charge in [-0.3, -0.25) is 0 Å². The SMILES string of the molecule is CC1CC(CCC(C)C(C)CN)C1. The van der Waals surface area contributed by atoms with Crippen molar-refractivity contribution in [3.05, 3.63) is 0 Å². The molecule has 1 saturated carbocycles. The summed E-state index contributed by atoms with van der Waals surface area (Å²) in [5, 5.41) is 0. The molecule has 2 unspecified atom stereocenters. The van der Waals surface area contributed by atoms with Crippen LogP contribution in [0.4, 0.5) is 0 Å². The van der Waals surface area contributed by atoms with E-state index in [0.717, 1.165) is 24.3 Å². The third-order valence-corrected chi connectivity index (χ3v) is 3.84. The van der Waals surface area contributed by atoms with E-state index in [2.05, 4.69) is 20.8 Å². The zero-order valence-electron chi connectivity index (χ0n) is 9.42. The second-order valence-corrected chi connectivity index (χ2v) is 5.21. The molecular formula is C12H25N. The minimum Gasteiger partial charge on any atom is -0.330 e. The Bertz CT molecular complexity index is 138. The van der Waals surface area contributed by atoms with Crippen LogP contribution in [0.2, 0.25) is 0 Å². The summed E-state index contributed by atoms with van der Waals surface area (Å²) in [5.41, 5.74) is 5.65. The second kappa shape index (κ2) is 4.99. The Kier molecular flexibility index (Phi) is 4.24. The molecule has 1 rings (SSSR count). The van der Waals surface area contributed by atoms with Crippen molar-refractivity contribution in [2.24, 2.45) is 29.4 Å². The van der Waals surface area contributed by atoms with E-state index in [-0.39, 0.29) is 0 Å². The zero-order valence-corrected chi connectivity index (χ0v) is 9.42. The highest BCUT2D eigenvalue weighted by atomic mass is 14.5. The quantitative estimate of drug-likeness (QED) is 0.696. The number of hydrogen-bond acceptors (Lipinski definition) is 1. The van der Waals surface area contributed by atoms with Crippen LogP contribution in [0.15, 0.2) is 0 Å². The maximum absolute atomic E-state index is 5.65. The van der Waals surface area contributed by atoms with Gasteiger partial charge in [-0.25, -0.2) is 0 Å². The molecule has 0 amide bonds. The van der Waals surface area contributed by atoms with Crippen molar-refractivity contribution in [1.82, 2.24) is 0 Å². The highest BCUT2D eigenvalue weighted by Crippen LogP contribution is 2.37. The first-order valence-corrected chi connectivity index (χ1v) is 5.83. The second-order valence-electron chi connectivity index (χ2n) is 5.21. The molecule has 78 valence electrons. The normalized spacial score (nSPS) is 32.3. The first kappa shape index (κ1) is 11.0. The molecule has 0 spiro atoms. The molecule has 1 fully saturated rings. The summed E-state index contributed by atoms with van der Waals surface area (Å²) >= 11 is 0. The lowest BCUT2D eigenvalue weighted by molar-refractivity contribution is 0.181. The van der Waals surface area contributed by atoms with Crippen LogP contribution in [0.5, 0.6) is 0 Å². The molecule has 1 nitrogen and oxygen atoms in total. The average molecular weight is 183 g/mol. The summed E-state index contributed by atoms with van der Waals surface area (Å²) in [7, 11) is 0. The van der Waals surface area contributed by atoms with E-state index in [9.17, 15) is 0 Å². The van der Waals surface area contributed by atoms with Gasteiger partial charge in [0.05, 0.1) is 0 Å². The highest BCUT2D eigenvalue weighted by molar-refractivity contribution is 4.77. The summed E-state index contributed by atoms with van der Waals surface area (Å²) < 4.78 is 0. The van der Waals surface area contributed by atoms with Gasteiger partial charge in [0.2, 0.25) is 0 Å². The van der Waals surface area contributed by atoms with Crippen LogP contribution >= 0.6 is 0 Å². The van der Waals surface area contributed by atoms with E-state index in [1.807, 2.05) is 0 Å². The van der Waals surface area contributed by atoms with Crippen LogP contribution in [0.1, 0.15) is 46.5 Å². The third kappa shape index (κ3) is 3.30. The monoisotopic (exact) mass is 183 g/mol. The van der Waals surface area contributed by atoms with Crippen LogP contribution in [0, 0.1) is 23.7 Å². The van der Waals surface area contributed by atoms with E-state index in [1.54, 1.807) is 0 Å². The van der Waals surface area contributed by atoms with Crippen molar-refractivity contribution < 1.29 is 0 Å². The number of rotatable bonds is 5. The molecule has 0 aliphatic heterocycles. The van der Waals surface area contributed by atoms with Crippen molar-refractivity contribution in [2.45, 2.75) is 46.5 Å². The fraction of sp³-hybridized carbons (Fsp3) is 1.00. The highest BCUT2D eigenvalue weighted by Gasteiger charge is 2.25. The van der Waals surface area contributed by atoms with Crippen molar-refractivity contribution in [3.8, 4) is 0 Å². The molecule has 0 aromatic heterocycles. The fourth-order valence-electron chi connectivity index (χ4n) is 2.32. The lowest BCUT2D eigenvalue weighted by Gasteiger charge is -2.33. The molecule has 2 atom stereocenters. The molecular weight excluding hydrogens is 158 g/mol. The minimum absolute atomic E-state index is 0.706. The van der Waals surface area contributed by atoms with Gasteiger partial charge >= 0.3 is 0 Å². The molecule has 0 saturated heterocycles. The molecule has 1 aliphatic carbocycles. The van der Waals surface area contributed by atoms with Gasteiger partial charge in [0.1, 0.15) is 0 Å². The van der Waals surface area contributed by atoms with Crippen LogP contribution in [-0.2, 0) is 0 Å². The van der Waals surface area contributed by atoms with Gasteiger partial charge < -0.3 is 5.73 Å². The third-order valence-electron chi connectivity index (χ3n) is 3.84. The Morgan fingerprint density at radius 3 is 2.31 bits per heavy atom. The van der Waals surface area contributed by atoms with Crippen molar-refractivity contribution in [3.63, 3.8) is 0 Å². The first-order valence-electron chi connectivity index (χ1n) is 5.83. The van der Waals surface area contributed by atoms with Crippen molar-refractivity contribution >= 4 is 0 Å². The van der Waals surface area contributed by atoms with Crippen molar-refractivity contribution in [1.29, 1.82) is 0 Å². The van der Waals surface area contributed by atoms with Crippen LogP contribution in [-0.4, -0.2) is 6.54 Å². The van der Waals surface area contributed by atoms with Gasteiger partial charge in [-0.2, -0.15) is 0 Å². The topological polar surface area (TPSA) is 26.0 Å². The van der Waals surface area contributed by atoms with Crippen LogP contribution < -0.4 is 5.73 Å². The Balaban J connectivity index is 2.05. The van der Waals surface area contributed by atoms with Gasteiger partial charge in [-0.15, -0.1) is 0 Å². The number of hydrogen-bond donors (Lipinski definition) is 1. The Labute approximate surface area is 83.1 Å². The van der Waals surface area contributed by atoms with Crippen LogP contribution in [0.3, 0.4) is 0 Å². The molecule has 2 N–H and O–H groups in total. The van der Waals surface area contributed by atoms with Gasteiger partial charge in [-0.1, -0.05) is 33.6 Å². The van der Waals surface area contributed by atoms with E-state index >= 15 is 0 Å². The summed E-state index contributed by atoms with van der Waals surface area (Å²) in [6, 6.07) is 0. The lowest BCUT2D eigenvalue weighted by atomic mass is 9.72. The van der Waals surface area contributed by atoms with E-state index < -0.39 is 0 Å². The smallest absolute Gasteiger partial charge is 0.00490 e. The van der Waals surface area contributed by atoms with Crippen molar-refractivity contribution in [2.75, 3.05) is 6.54 Å². The molecule has 1 heteroatoms. The fourth-order valence-corrected chi connectivity index (χ4v) is 2.32. The predicted octanol–water partition coefficient (Wildman–Crippen LogP) is 3.04. The summed E-state index contributed by atoms with van der Waals surface area (Å²) in [6.45, 7) is 7.83. The lowest BCUT2D eigenvalue weighted by Crippen LogP contribution is -2.23. The van der Waals surface area contributed by atoms with Gasteiger partial charge in [0.15, 0.2) is 0 Å². The zero-order chi connectivity index (χ0) is 9.84. The standard InChI is InChI=1S/C12H25N/c1-9-6-12(7-9)5-4-10(2)11(3)8-13/h9-12H,4-8,13H2,1-3H3. The largest absolute Gasteiger partial charge is 0.330 e. The van der Waals surface area contributed by atoms with E-state index in [0.29, 0.717) is 5.92 Å². The molecule has 0 radical (unpaired) electrons. The summed E-state index contributed by atoms with van der Waals surface area (Å²) in [4.78, 5) is 0. The molecule has 0 aromatic carbocycles. The summed E-state index contributed by atoms with van der Waals surface area (Å²) in [6.07, 6.45) is 5.78. The molecule has 0 heterocycles. The predicted molar refractivity (Wildman–Crippen MR) is 58.5 cm³/mol. The minimum atomic E-state index is 0.706. The Morgan fingerprint density at radius 2 is 1.85 bits per heavy atom. The molecule has 13 heavy (non-hydrogen) atoms. The van der Waals surface area contributed by atoms with Gasteiger partial charge in [0, 0.05) is 0 Å². The van der Waals surface area contributed by atoms with Gasteiger partial charge in [-0.05, 0) is 43.1 Å². The Hall–Kier alpha value is -0.0400. The Morgan fingerprint density at radius 1 is 1.23 bits per heavy atom. The van der Waals surface area contributed by atoms with Crippen LogP contribution in [0.25, 0.3) is 0 Å². The molecule has 0 bridgehead atoms. The molecule has 0 aromatic rings. The van der Waals surface area contributed by atoms with Gasteiger partial charge in [0.25, 0.3) is 0 Å².